The highest BCUT2D eigenvalue weighted by Crippen LogP contribution is 2.20. The Morgan fingerprint density at radius 1 is 1.04 bits per heavy atom. The molecule has 120 valence electrons. The van der Waals surface area contributed by atoms with E-state index in [1.54, 1.807) is 36.7 Å². The van der Waals surface area contributed by atoms with Gasteiger partial charge in [0, 0.05) is 29.1 Å². The van der Waals surface area contributed by atoms with Crippen molar-refractivity contribution >= 4 is 29.1 Å². The Morgan fingerprint density at radius 3 is 2.35 bits per heavy atom. The molecule has 0 atom stereocenters. The number of benzene rings is 1. The van der Waals surface area contributed by atoms with Crippen molar-refractivity contribution in [2.45, 2.75) is 38.1 Å². The average molecular weight is 331 g/mol. The summed E-state index contributed by atoms with van der Waals surface area (Å²) in [4.78, 5) is 20.6. The lowest BCUT2D eigenvalue weighted by molar-refractivity contribution is 0.102. The molecule has 2 N–H and O–H groups in total. The van der Waals surface area contributed by atoms with Gasteiger partial charge in [0.15, 0.2) is 0 Å². The minimum Gasteiger partial charge on any atom is -0.351 e. The zero-order chi connectivity index (χ0) is 16.1. The standard InChI is InChI=1S/C17H19ClN4O/c18-13-6-8-15(9-7-13)21-16(23)12-10-19-17(20-11-12)22-14-4-2-1-3-5-14/h6-11,14H,1-5H2,(H,21,23)(H,19,20,22). The third-order valence-corrected chi connectivity index (χ3v) is 4.21. The fraction of sp³-hybridized carbons (Fsp3) is 0.353. The summed E-state index contributed by atoms with van der Waals surface area (Å²) in [7, 11) is 0. The predicted molar refractivity (Wildman–Crippen MR) is 91.9 cm³/mol. The molecule has 5 nitrogen and oxygen atoms in total. The van der Waals surface area contributed by atoms with Crippen LogP contribution in [0.3, 0.4) is 0 Å². The van der Waals surface area contributed by atoms with E-state index >= 15 is 0 Å². The van der Waals surface area contributed by atoms with Crippen LogP contribution < -0.4 is 10.6 Å². The third-order valence-electron chi connectivity index (χ3n) is 3.95. The van der Waals surface area contributed by atoms with Gasteiger partial charge in [0.05, 0.1) is 5.56 Å². The van der Waals surface area contributed by atoms with Crippen LogP contribution in [0, 0.1) is 0 Å². The van der Waals surface area contributed by atoms with E-state index in [-0.39, 0.29) is 5.91 Å². The van der Waals surface area contributed by atoms with Crippen LogP contribution in [0.1, 0.15) is 42.5 Å². The van der Waals surface area contributed by atoms with Crippen molar-refractivity contribution in [3.8, 4) is 0 Å². The minimum absolute atomic E-state index is 0.239. The Morgan fingerprint density at radius 2 is 1.70 bits per heavy atom. The first kappa shape index (κ1) is 15.7. The predicted octanol–water partition coefficient (Wildman–Crippen LogP) is 4.13. The van der Waals surface area contributed by atoms with Gasteiger partial charge in [-0.05, 0) is 37.1 Å². The number of hydrogen-bond donors (Lipinski definition) is 2. The monoisotopic (exact) mass is 330 g/mol. The summed E-state index contributed by atoms with van der Waals surface area (Å²) < 4.78 is 0. The molecule has 1 aliphatic carbocycles. The van der Waals surface area contributed by atoms with Crippen molar-refractivity contribution in [3.05, 3.63) is 47.2 Å². The van der Waals surface area contributed by atoms with Crippen LogP contribution in [-0.2, 0) is 0 Å². The molecular formula is C17H19ClN4O. The van der Waals surface area contributed by atoms with E-state index in [0.29, 0.717) is 28.3 Å². The van der Waals surface area contributed by atoms with Crippen LogP contribution in [-0.4, -0.2) is 21.9 Å². The number of rotatable bonds is 4. The largest absolute Gasteiger partial charge is 0.351 e. The van der Waals surface area contributed by atoms with E-state index in [4.69, 9.17) is 11.6 Å². The molecule has 0 bridgehead atoms. The van der Waals surface area contributed by atoms with Crippen molar-refractivity contribution < 1.29 is 4.79 Å². The molecule has 1 aromatic heterocycles. The summed E-state index contributed by atoms with van der Waals surface area (Å²) in [5, 5.41) is 6.75. The SMILES string of the molecule is O=C(Nc1ccc(Cl)cc1)c1cnc(NC2CCCCC2)nc1. The van der Waals surface area contributed by atoms with Gasteiger partial charge < -0.3 is 10.6 Å². The number of anilines is 2. The maximum absolute atomic E-state index is 12.2. The molecule has 2 aromatic rings. The van der Waals surface area contributed by atoms with Crippen LogP contribution >= 0.6 is 11.6 Å². The highest BCUT2D eigenvalue weighted by atomic mass is 35.5. The van der Waals surface area contributed by atoms with E-state index < -0.39 is 0 Å². The van der Waals surface area contributed by atoms with Gasteiger partial charge in [-0.15, -0.1) is 0 Å². The smallest absolute Gasteiger partial charge is 0.258 e. The maximum Gasteiger partial charge on any atom is 0.258 e. The first-order valence-electron chi connectivity index (χ1n) is 7.86. The van der Waals surface area contributed by atoms with Gasteiger partial charge in [-0.1, -0.05) is 30.9 Å². The fourth-order valence-corrected chi connectivity index (χ4v) is 2.81. The van der Waals surface area contributed by atoms with Crippen molar-refractivity contribution in [2.24, 2.45) is 0 Å². The molecule has 0 radical (unpaired) electrons. The Kier molecular flexibility index (Phi) is 5.08. The zero-order valence-electron chi connectivity index (χ0n) is 12.8. The molecule has 6 heteroatoms. The molecular weight excluding hydrogens is 312 g/mol. The van der Waals surface area contributed by atoms with Crippen LogP contribution in [0.25, 0.3) is 0 Å². The lowest BCUT2D eigenvalue weighted by Gasteiger charge is -2.22. The summed E-state index contributed by atoms with van der Waals surface area (Å²) in [6, 6.07) is 7.40. The van der Waals surface area contributed by atoms with Gasteiger partial charge in [-0.3, -0.25) is 4.79 Å². The number of aromatic nitrogens is 2. The van der Waals surface area contributed by atoms with E-state index in [2.05, 4.69) is 20.6 Å². The maximum atomic E-state index is 12.2. The van der Waals surface area contributed by atoms with E-state index in [0.717, 1.165) is 12.8 Å². The molecule has 1 amide bonds. The van der Waals surface area contributed by atoms with E-state index in [1.165, 1.54) is 19.3 Å². The second kappa shape index (κ2) is 7.42. The highest BCUT2D eigenvalue weighted by molar-refractivity contribution is 6.30. The van der Waals surface area contributed by atoms with E-state index in [1.807, 2.05) is 0 Å². The Hall–Kier alpha value is -2.14. The molecule has 1 aliphatic rings. The number of hydrogen-bond acceptors (Lipinski definition) is 4. The molecule has 1 heterocycles. The molecule has 0 unspecified atom stereocenters. The Labute approximate surface area is 140 Å². The first-order valence-corrected chi connectivity index (χ1v) is 8.24. The van der Waals surface area contributed by atoms with Crippen LogP contribution in [0.5, 0.6) is 0 Å². The minimum atomic E-state index is -0.239. The van der Waals surface area contributed by atoms with Crippen LogP contribution in [0.2, 0.25) is 5.02 Å². The number of carbonyl (C=O) groups is 1. The molecule has 1 fully saturated rings. The number of halogens is 1. The van der Waals surface area contributed by atoms with Crippen LogP contribution in [0.15, 0.2) is 36.7 Å². The lowest BCUT2D eigenvalue weighted by Crippen LogP contribution is -2.23. The molecule has 0 aliphatic heterocycles. The quantitative estimate of drug-likeness (QED) is 0.884. The molecule has 1 saturated carbocycles. The number of carbonyl (C=O) groups excluding carboxylic acids is 1. The first-order chi connectivity index (χ1) is 11.2. The van der Waals surface area contributed by atoms with Gasteiger partial charge in [-0.25, -0.2) is 9.97 Å². The summed E-state index contributed by atoms with van der Waals surface area (Å²) >= 11 is 5.82. The molecule has 23 heavy (non-hydrogen) atoms. The van der Waals surface area contributed by atoms with Gasteiger partial charge in [0.1, 0.15) is 0 Å². The van der Waals surface area contributed by atoms with E-state index in [9.17, 15) is 4.79 Å². The van der Waals surface area contributed by atoms with Crippen molar-refractivity contribution in [2.75, 3.05) is 10.6 Å². The average Bonchev–Trinajstić information content (AvgIpc) is 2.58. The normalized spacial score (nSPS) is 15.2. The topological polar surface area (TPSA) is 66.9 Å². The highest BCUT2D eigenvalue weighted by Gasteiger charge is 2.14. The number of nitrogens with one attached hydrogen (secondary N) is 2. The second-order valence-electron chi connectivity index (χ2n) is 5.74. The Balaban J connectivity index is 1.59. The molecule has 0 spiro atoms. The third kappa shape index (κ3) is 4.42. The van der Waals surface area contributed by atoms with Crippen molar-refractivity contribution in [1.29, 1.82) is 0 Å². The Bertz CT molecular complexity index is 651. The van der Waals surface area contributed by atoms with Gasteiger partial charge in [0.2, 0.25) is 5.95 Å². The summed E-state index contributed by atoms with van der Waals surface area (Å²) in [5.74, 6) is 0.344. The molecule has 0 saturated heterocycles. The summed E-state index contributed by atoms with van der Waals surface area (Å²) in [6.45, 7) is 0. The number of nitrogens with zero attached hydrogens (tertiary/aromatic N) is 2. The van der Waals surface area contributed by atoms with Gasteiger partial charge >= 0.3 is 0 Å². The number of amides is 1. The zero-order valence-corrected chi connectivity index (χ0v) is 13.5. The van der Waals surface area contributed by atoms with Crippen molar-refractivity contribution in [1.82, 2.24) is 9.97 Å². The molecule has 3 rings (SSSR count). The van der Waals surface area contributed by atoms with Crippen LogP contribution in [0.4, 0.5) is 11.6 Å². The fourth-order valence-electron chi connectivity index (χ4n) is 2.69. The van der Waals surface area contributed by atoms with Crippen molar-refractivity contribution in [3.63, 3.8) is 0 Å². The summed E-state index contributed by atoms with van der Waals surface area (Å²) in [5.41, 5.74) is 1.11. The van der Waals surface area contributed by atoms with Gasteiger partial charge in [0.25, 0.3) is 5.91 Å². The lowest BCUT2D eigenvalue weighted by atomic mass is 9.96. The van der Waals surface area contributed by atoms with Gasteiger partial charge in [-0.2, -0.15) is 0 Å². The summed E-state index contributed by atoms with van der Waals surface area (Å²) in [6.07, 6.45) is 9.21. The second-order valence-corrected chi connectivity index (χ2v) is 6.17. The molecule has 1 aromatic carbocycles.